The zero-order valence-electron chi connectivity index (χ0n) is 16.7. The molecule has 2 N–H and O–H groups in total. The van der Waals surface area contributed by atoms with Gasteiger partial charge in [-0.3, -0.25) is 4.79 Å². The Balaban J connectivity index is 1.80. The quantitative estimate of drug-likeness (QED) is 0.782. The number of rotatable bonds is 5. The van der Waals surface area contributed by atoms with Gasteiger partial charge in [0, 0.05) is 12.1 Å². The first kappa shape index (κ1) is 19.9. The average molecular weight is 380 g/mol. The topological polar surface area (TPSA) is 72.6 Å². The van der Waals surface area contributed by atoms with Crippen molar-refractivity contribution in [1.82, 2.24) is 4.90 Å². The van der Waals surface area contributed by atoms with Crippen LogP contribution in [0.25, 0.3) is 0 Å². The maximum Gasteiger partial charge on any atom is 0.416 e. The summed E-state index contributed by atoms with van der Waals surface area (Å²) in [6.45, 7) is 6.52. The van der Waals surface area contributed by atoms with E-state index in [0.717, 1.165) is 11.1 Å². The third-order valence-electron chi connectivity index (χ3n) is 5.28. The third-order valence-corrected chi connectivity index (χ3v) is 5.28. The molecule has 1 unspecified atom stereocenters. The summed E-state index contributed by atoms with van der Waals surface area (Å²) in [5, 5.41) is 0. The Bertz CT molecular complexity index is 842. The zero-order valence-corrected chi connectivity index (χ0v) is 16.7. The lowest BCUT2D eigenvalue weighted by atomic mass is 9.74. The molecule has 1 aliphatic rings. The molecule has 0 spiro atoms. The van der Waals surface area contributed by atoms with Crippen LogP contribution < -0.4 is 5.73 Å². The fourth-order valence-corrected chi connectivity index (χ4v) is 3.78. The predicted molar refractivity (Wildman–Crippen MR) is 110 cm³/mol. The second kappa shape index (κ2) is 8.05. The molecule has 5 nitrogen and oxygen atoms in total. The lowest BCUT2D eigenvalue weighted by Crippen LogP contribution is -2.41. The van der Waals surface area contributed by atoms with Crippen LogP contribution in [0.5, 0.6) is 0 Å². The minimum absolute atomic E-state index is 0.0609. The van der Waals surface area contributed by atoms with Gasteiger partial charge in [-0.2, -0.15) is 0 Å². The lowest BCUT2D eigenvalue weighted by Gasteiger charge is -2.32. The molecule has 0 radical (unpaired) electrons. The predicted octanol–water partition coefficient (Wildman–Crippen LogP) is 4.38. The van der Waals surface area contributed by atoms with Gasteiger partial charge in [0.25, 0.3) is 0 Å². The molecule has 5 heteroatoms. The highest BCUT2D eigenvalue weighted by Gasteiger charge is 2.40. The number of amides is 2. The van der Waals surface area contributed by atoms with E-state index in [1.807, 2.05) is 54.6 Å². The molecule has 1 heterocycles. The summed E-state index contributed by atoms with van der Waals surface area (Å²) in [4.78, 5) is 26.8. The van der Waals surface area contributed by atoms with Gasteiger partial charge in [0.1, 0.15) is 6.61 Å². The van der Waals surface area contributed by atoms with E-state index in [2.05, 4.69) is 20.8 Å². The molecule has 2 aromatic rings. The summed E-state index contributed by atoms with van der Waals surface area (Å²) in [7, 11) is 0. The van der Waals surface area contributed by atoms with Gasteiger partial charge >= 0.3 is 6.09 Å². The van der Waals surface area contributed by atoms with Crippen molar-refractivity contribution < 1.29 is 14.3 Å². The molecule has 0 aliphatic carbocycles. The number of benzene rings is 2. The van der Waals surface area contributed by atoms with Crippen LogP contribution >= 0.6 is 0 Å². The molecule has 0 aromatic heterocycles. The lowest BCUT2D eigenvalue weighted by molar-refractivity contribution is -0.130. The normalized spacial score (nSPS) is 18.0. The van der Waals surface area contributed by atoms with Crippen molar-refractivity contribution >= 4 is 17.7 Å². The van der Waals surface area contributed by atoms with Gasteiger partial charge in [0.2, 0.25) is 5.91 Å². The highest BCUT2D eigenvalue weighted by atomic mass is 16.6. The van der Waals surface area contributed by atoms with Crippen molar-refractivity contribution in [2.24, 2.45) is 5.41 Å². The summed E-state index contributed by atoms with van der Waals surface area (Å²) in [5.74, 6) is -0.264. The summed E-state index contributed by atoms with van der Waals surface area (Å²) >= 11 is 0. The van der Waals surface area contributed by atoms with Crippen LogP contribution in [0, 0.1) is 5.41 Å². The van der Waals surface area contributed by atoms with Gasteiger partial charge in [-0.05, 0) is 41.0 Å². The first-order valence-electron chi connectivity index (χ1n) is 9.64. The van der Waals surface area contributed by atoms with Crippen LogP contribution in [0.4, 0.5) is 10.5 Å². The Morgan fingerprint density at radius 3 is 2.54 bits per heavy atom. The van der Waals surface area contributed by atoms with E-state index < -0.39 is 6.09 Å². The Kier molecular flexibility index (Phi) is 5.73. The van der Waals surface area contributed by atoms with Gasteiger partial charge in [-0.1, -0.05) is 63.2 Å². The van der Waals surface area contributed by atoms with Crippen molar-refractivity contribution in [2.75, 3.05) is 12.3 Å². The number of nitrogen functional groups attached to an aromatic ring is 1. The van der Waals surface area contributed by atoms with Crippen LogP contribution in [0.1, 0.15) is 44.2 Å². The smallest absolute Gasteiger partial charge is 0.416 e. The number of carbonyl (C=O) groups is 2. The molecule has 28 heavy (non-hydrogen) atoms. The Morgan fingerprint density at radius 1 is 1.18 bits per heavy atom. The Hall–Kier alpha value is -2.82. The maximum atomic E-state index is 13.2. The molecular weight excluding hydrogens is 352 g/mol. The van der Waals surface area contributed by atoms with Crippen molar-refractivity contribution in [1.29, 1.82) is 0 Å². The molecule has 3 rings (SSSR count). The van der Waals surface area contributed by atoms with Crippen molar-refractivity contribution in [3.8, 4) is 0 Å². The first-order chi connectivity index (χ1) is 13.3. The number of imide groups is 1. The number of anilines is 1. The molecule has 0 bridgehead atoms. The van der Waals surface area contributed by atoms with Crippen LogP contribution in [0.3, 0.4) is 0 Å². The highest BCUT2D eigenvalue weighted by molar-refractivity contribution is 5.94. The van der Waals surface area contributed by atoms with E-state index >= 15 is 0 Å². The van der Waals surface area contributed by atoms with Gasteiger partial charge in [-0.25, -0.2) is 9.69 Å². The molecular formula is C23H28N2O3. The molecule has 0 saturated carbocycles. The molecule has 1 saturated heterocycles. The summed E-state index contributed by atoms with van der Waals surface area (Å²) < 4.78 is 5.21. The van der Waals surface area contributed by atoms with E-state index in [1.54, 1.807) is 0 Å². The van der Waals surface area contributed by atoms with E-state index in [9.17, 15) is 9.59 Å². The average Bonchev–Trinajstić information content (AvgIpc) is 2.99. The van der Waals surface area contributed by atoms with Crippen molar-refractivity contribution in [3.05, 3.63) is 65.7 Å². The minimum Gasteiger partial charge on any atom is -0.447 e. The molecule has 2 aromatic carbocycles. The van der Waals surface area contributed by atoms with Gasteiger partial charge < -0.3 is 10.5 Å². The van der Waals surface area contributed by atoms with Gasteiger partial charge in [-0.15, -0.1) is 0 Å². The van der Waals surface area contributed by atoms with Crippen molar-refractivity contribution in [2.45, 2.75) is 45.6 Å². The molecule has 2 amide bonds. The molecule has 1 aliphatic heterocycles. The van der Waals surface area contributed by atoms with Crippen molar-refractivity contribution in [3.63, 3.8) is 0 Å². The van der Waals surface area contributed by atoms with Crippen LogP contribution in [0.15, 0.2) is 54.6 Å². The number of ether oxygens (including phenoxy) is 1. The fraction of sp³-hybridized carbons (Fsp3) is 0.391. The molecule has 2 atom stereocenters. The largest absolute Gasteiger partial charge is 0.447 e. The summed E-state index contributed by atoms with van der Waals surface area (Å²) in [5.41, 5.74) is 8.54. The standard InChI is InChI=1S/C23H28N2O3/c1-23(2,3)20(17-10-7-11-18(24)13-17)14-21(26)25-19(15-28-22(25)27)12-16-8-5-4-6-9-16/h4-11,13,19-20H,12,14-15,24H2,1-3H3/t19-,20?/m1/s1. The van der Waals surface area contributed by atoms with Gasteiger partial charge in [0.15, 0.2) is 0 Å². The maximum absolute atomic E-state index is 13.2. The second-order valence-corrected chi connectivity index (χ2v) is 8.48. The second-order valence-electron chi connectivity index (χ2n) is 8.48. The number of nitrogens with zero attached hydrogens (tertiary/aromatic N) is 1. The van der Waals surface area contributed by atoms with E-state index in [0.29, 0.717) is 12.1 Å². The monoisotopic (exact) mass is 380 g/mol. The van der Waals surface area contributed by atoms with Gasteiger partial charge in [0.05, 0.1) is 6.04 Å². The highest BCUT2D eigenvalue weighted by Crippen LogP contribution is 2.39. The molecule has 1 fully saturated rings. The Morgan fingerprint density at radius 2 is 1.89 bits per heavy atom. The van der Waals surface area contributed by atoms with Crippen LogP contribution in [0.2, 0.25) is 0 Å². The minimum atomic E-state index is -0.550. The SMILES string of the molecule is CC(C)(C)C(CC(=O)N1C(=O)OC[C@H]1Cc1ccccc1)c1cccc(N)c1. The number of carbonyl (C=O) groups excluding carboxylic acids is 2. The van der Waals surface area contributed by atoms with Crippen LogP contribution in [-0.4, -0.2) is 29.5 Å². The van der Waals surface area contributed by atoms with Crippen LogP contribution in [-0.2, 0) is 16.0 Å². The Labute approximate surface area is 166 Å². The number of hydrogen-bond donors (Lipinski definition) is 1. The number of nitrogens with two attached hydrogens (primary N) is 1. The number of cyclic esters (lactones) is 1. The zero-order chi connectivity index (χ0) is 20.3. The fourth-order valence-electron chi connectivity index (χ4n) is 3.78. The first-order valence-corrected chi connectivity index (χ1v) is 9.64. The molecule has 148 valence electrons. The van der Waals surface area contributed by atoms with E-state index in [-0.39, 0.29) is 36.3 Å². The summed E-state index contributed by atoms with van der Waals surface area (Å²) in [6, 6.07) is 17.2. The third kappa shape index (κ3) is 4.53. The number of hydrogen-bond acceptors (Lipinski definition) is 4. The van der Waals surface area contributed by atoms with E-state index in [1.165, 1.54) is 4.90 Å². The van der Waals surface area contributed by atoms with E-state index in [4.69, 9.17) is 10.5 Å². The summed E-state index contributed by atoms with van der Waals surface area (Å²) in [6.07, 6.45) is 0.274.